The first-order valence-corrected chi connectivity index (χ1v) is 5.76. The number of nitrogens with one attached hydrogen (secondary N) is 1. The highest BCUT2D eigenvalue weighted by Crippen LogP contribution is 2.19. The monoisotopic (exact) mass is 261 g/mol. The summed E-state index contributed by atoms with van der Waals surface area (Å²) in [6, 6.07) is 5.26. The van der Waals surface area contributed by atoms with Crippen molar-refractivity contribution >= 4 is 5.91 Å². The second-order valence-electron chi connectivity index (χ2n) is 4.04. The van der Waals surface area contributed by atoms with Crippen molar-refractivity contribution in [2.24, 2.45) is 5.84 Å². The van der Waals surface area contributed by atoms with Crippen LogP contribution in [0.25, 0.3) is 0 Å². The molecule has 19 heavy (non-hydrogen) atoms. The van der Waals surface area contributed by atoms with Gasteiger partial charge < -0.3 is 9.15 Å². The van der Waals surface area contributed by atoms with Crippen LogP contribution in [0, 0.1) is 13.8 Å². The Bertz CT molecular complexity index is 593. The number of rotatable bonds is 4. The molecule has 100 valence electrons. The number of carbonyl (C=O) groups excluding carboxylic acids is 1. The third-order valence-electron chi connectivity index (χ3n) is 2.72. The Morgan fingerprint density at radius 2 is 2.32 bits per heavy atom. The molecule has 0 saturated heterocycles. The number of hydrazine groups is 1. The molecule has 0 bridgehead atoms. The van der Waals surface area contributed by atoms with E-state index in [2.05, 4.69) is 4.98 Å². The predicted molar refractivity (Wildman–Crippen MR) is 68.4 cm³/mol. The summed E-state index contributed by atoms with van der Waals surface area (Å²) in [4.78, 5) is 15.5. The zero-order chi connectivity index (χ0) is 13.8. The van der Waals surface area contributed by atoms with Gasteiger partial charge in [-0.15, -0.1) is 0 Å². The number of hydrogen-bond acceptors (Lipinski definition) is 5. The SMILES string of the molecule is Cc1ncccc1OCc1cc(C(=O)NN)oc1C. The molecule has 0 atom stereocenters. The molecular weight excluding hydrogens is 246 g/mol. The summed E-state index contributed by atoms with van der Waals surface area (Å²) < 4.78 is 10.9. The molecule has 0 aliphatic rings. The van der Waals surface area contributed by atoms with E-state index in [0.717, 1.165) is 11.3 Å². The lowest BCUT2D eigenvalue weighted by Gasteiger charge is -2.06. The number of nitrogens with zero attached hydrogens (tertiary/aromatic N) is 1. The van der Waals surface area contributed by atoms with Crippen molar-refractivity contribution in [3.8, 4) is 5.75 Å². The van der Waals surface area contributed by atoms with Gasteiger partial charge in [-0.2, -0.15) is 0 Å². The summed E-state index contributed by atoms with van der Waals surface area (Å²) in [5, 5.41) is 0. The first-order chi connectivity index (χ1) is 9.11. The molecular formula is C13H15N3O3. The van der Waals surface area contributed by atoms with Gasteiger partial charge >= 0.3 is 5.91 Å². The van der Waals surface area contributed by atoms with Gasteiger partial charge in [0.25, 0.3) is 0 Å². The second-order valence-corrected chi connectivity index (χ2v) is 4.04. The topological polar surface area (TPSA) is 90.4 Å². The van der Waals surface area contributed by atoms with E-state index in [1.54, 1.807) is 25.3 Å². The molecule has 6 heteroatoms. The Labute approximate surface area is 110 Å². The van der Waals surface area contributed by atoms with Crippen LogP contribution in [0.15, 0.2) is 28.8 Å². The van der Waals surface area contributed by atoms with Crippen LogP contribution in [-0.2, 0) is 6.61 Å². The minimum atomic E-state index is -0.466. The van der Waals surface area contributed by atoms with Crippen LogP contribution in [0.4, 0.5) is 0 Å². The zero-order valence-electron chi connectivity index (χ0n) is 10.8. The lowest BCUT2D eigenvalue weighted by molar-refractivity contribution is 0.0924. The number of hydrogen-bond donors (Lipinski definition) is 2. The average Bonchev–Trinajstić information content (AvgIpc) is 2.78. The van der Waals surface area contributed by atoms with E-state index in [9.17, 15) is 4.79 Å². The molecule has 0 fully saturated rings. The molecule has 0 aliphatic heterocycles. The number of furan rings is 1. The highest BCUT2D eigenvalue weighted by atomic mass is 16.5. The van der Waals surface area contributed by atoms with Crippen molar-refractivity contribution < 1.29 is 13.9 Å². The standard InChI is InChI=1S/C13H15N3O3/c1-8-11(4-3-5-15-8)18-7-10-6-12(13(17)16-14)19-9(10)2/h3-6H,7,14H2,1-2H3,(H,16,17). The van der Waals surface area contributed by atoms with Gasteiger partial charge in [0, 0.05) is 11.8 Å². The number of pyridine rings is 1. The van der Waals surface area contributed by atoms with Gasteiger partial charge in [0.1, 0.15) is 18.1 Å². The lowest BCUT2D eigenvalue weighted by atomic mass is 10.2. The maximum atomic E-state index is 11.3. The molecule has 0 spiro atoms. The molecule has 3 N–H and O–H groups in total. The molecule has 2 rings (SSSR count). The summed E-state index contributed by atoms with van der Waals surface area (Å²) in [5.41, 5.74) is 3.62. The Balaban J connectivity index is 2.10. The summed E-state index contributed by atoms with van der Waals surface area (Å²) in [6.07, 6.45) is 1.70. The zero-order valence-corrected chi connectivity index (χ0v) is 10.8. The van der Waals surface area contributed by atoms with E-state index in [1.165, 1.54) is 0 Å². The van der Waals surface area contributed by atoms with Gasteiger partial charge in [0.15, 0.2) is 5.76 Å². The number of nitrogens with two attached hydrogens (primary N) is 1. The smallest absolute Gasteiger partial charge is 0.300 e. The average molecular weight is 261 g/mol. The first-order valence-electron chi connectivity index (χ1n) is 5.76. The number of amides is 1. The van der Waals surface area contributed by atoms with Crippen molar-refractivity contribution in [1.82, 2.24) is 10.4 Å². The number of aryl methyl sites for hydroxylation is 2. The van der Waals surface area contributed by atoms with Crippen molar-refractivity contribution in [3.63, 3.8) is 0 Å². The molecule has 0 saturated carbocycles. The van der Waals surface area contributed by atoms with E-state index >= 15 is 0 Å². The first kappa shape index (κ1) is 13.1. The molecule has 6 nitrogen and oxygen atoms in total. The van der Waals surface area contributed by atoms with Crippen LogP contribution in [0.5, 0.6) is 5.75 Å². The van der Waals surface area contributed by atoms with Crippen LogP contribution in [-0.4, -0.2) is 10.9 Å². The number of ether oxygens (including phenoxy) is 1. The third-order valence-corrected chi connectivity index (χ3v) is 2.72. The van der Waals surface area contributed by atoms with Crippen LogP contribution in [0.1, 0.15) is 27.6 Å². The Morgan fingerprint density at radius 3 is 3.00 bits per heavy atom. The molecule has 0 aliphatic carbocycles. The molecule has 2 heterocycles. The maximum Gasteiger partial charge on any atom is 0.300 e. The van der Waals surface area contributed by atoms with E-state index in [4.69, 9.17) is 15.0 Å². The Kier molecular flexibility index (Phi) is 3.82. The van der Waals surface area contributed by atoms with Crippen molar-refractivity contribution in [1.29, 1.82) is 0 Å². The summed E-state index contributed by atoms with van der Waals surface area (Å²) in [6.45, 7) is 3.94. The molecule has 1 amide bonds. The number of aromatic nitrogens is 1. The molecule has 0 radical (unpaired) electrons. The minimum absolute atomic E-state index is 0.168. The van der Waals surface area contributed by atoms with Crippen LogP contribution >= 0.6 is 0 Å². The fourth-order valence-electron chi connectivity index (χ4n) is 1.62. The normalized spacial score (nSPS) is 10.3. The Morgan fingerprint density at radius 1 is 1.53 bits per heavy atom. The summed E-state index contributed by atoms with van der Waals surface area (Å²) >= 11 is 0. The van der Waals surface area contributed by atoms with Gasteiger partial charge in [-0.3, -0.25) is 15.2 Å². The predicted octanol–water partition coefficient (Wildman–Crippen LogP) is 1.47. The molecule has 0 unspecified atom stereocenters. The highest BCUT2D eigenvalue weighted by molar-refractivity contribution is 5.91. The van der Waals surface area contributed by atoms with E-state index in [0.29, 0.717) is 18.1 Å². The molecule has 2 aromatic heterocycles. The van der Waals surface area contributed by atoms with E-state index in [1.807, 2.05) is 18.4 Å². The van der Waals surface area contributed by atoms with Crippen LogP contribution in [0.2, 0.25) is 0 Å². The fourth-order valence-corrected chi connectivity index (χ4v) is 1.62. The van der Waals surface area contributed by atoms with Crippen molar-refractivity contribution in [2.45, 2.75) is 20.5 Å². The minimum Gasteiger partial charge on any atom is -0.487 e. The van der Waals surface area contributed by atoms with E-state index < -0.39 is 5.91 Å². The van der Waals surface area contributed by atoms with Gasteiger partial charge in [-0.1, -0.05) is 0 Å². The van der Waals surface area contributed by atoms with Gasteiger partial charge in [-0.05, 0) is 32.0 Å². The quantitative estimate of drug-likeness (QED) is 0.494. The van der Waals surface area contributed by atoms with Crippen LogP contribution in [0.3, 0.4) is 0 Å². The van der Waals surface area contributed by atoms with Crippen LogP contribution < -0.4 is 16.0 Å². The van der Waals surface area contributed by atoms with Crippen molar-refractivity contribution in [2.75, 3.05) is 0 Å². The van der Waals surface area contributed by atoms with Gasteiger partial charge in [0.2, 0.25) is 0 Å². The molecule has 0 aromatic carbocycles. The lowest BCUT2D eigenvalue weighted by Crippen LogP contribution is -2.29. The van der Waals surface area contributed by atoms with Gasteiger partial charge in [-0.25, -0.2) is 5.84 Å². The number of nitrogen functional groups attached to an aromatic ring is 1. The maximum absolute atomic E-state index is 11.3. The van der Waals surface area contributed by atoms with Crippen molar-refractivity contribution in [3.05, 3.63) is 47.2 Å². The summed E-state index contributed by atoms with van der Waals surface area (Å²) in [7, 11) is 0. The largest absolute Gasteiger partial charge is 0.487 e. The van der Waals surface area contributed by atoms with E-state index in [-0.39, 0.29) is 5.76 Å². The fraction of sp³-hybridized carbons (Fsp3) is 0.231. The number of carbonyl (C=O) groups is 1. The Hall–Kier alpha value is -2.34. The second kappa shape index (κ2) is 5.53. The van der Waals surface area contributed by atoms with Gasteiger partial charge in [0.05, 0.1) is 5.69 Å². The highest BCUT2D eigenvalue weighted by Gasteiger charge is 2.14. The molecule has 2 aromatic rings. The third kappa shape index (κ3) is 2.92. The summed E-state index contributed by atoms with van der Waals surface area (Å²) in [5.74, 6) is 6.08.